The maximum atomic E-state index is 6.06. The van der Waals surface area contributed by atoms with Crippen LogP contribution in [0.4, 0.5) is 0 Å². The van der Waals surface area contributed by atoms with E-state index in [1.807, 2.05) is 0 Å². The zero-order valence-corrected chi connectivity index (χ0v) is 16.5. The molecule has 1 nitrogen and oxygen atoms in total. The normalized spacial score (nSPS) is 14.3. The van der Waals surface area contributed by atoms with Gasteiger partial charge in [0.2, 0.25) is 0 Å². The standard InChI is InChI=1S/C18H38OS2/c1-5-7-9-11-13-20-15-17(3)19-18(4)16-21-14-12-10-8-6-2/h17-18H,5-16H2,1-4H3/t17-,18+. The maximum absolute atomic E-state index is 6.06. The highest BCUT2D eigenvalue weighted by atomic mass is 32.2. The Morgan fingerprint density at radius 3 is 1.48 bits per heavy atom. The molecular formula is C18H38OS2. The maximum Gasteiger partial charge on any atom is 0.0641 e. The summed E-state index contributed by atoms with van der Waals surface area (Å²) in [4.78, 5) is 0. The summed E-state index contributed by atoms with van der Waals surface area (Å²) in [6.07, 6.45) is 11.8. The van der Waals surface area contributed by atoms with Crippen molar-refractivity contribution in [1.29, 1.82) is 0 Å². The molecule has 2 atom stereocenters. The molecule has 0 N–H and O–H groups in total. The van der Waals surface area contributed by atoms with Gasteiger partial charge in [-0.05, 0) is 38.2 Å². The van der Waals surface area contributed by atoms with Crippen LogP contribution in [0.15, 0.2) is 0 Å². The molecule has 0 saturated heterocycles. The van der Waals surface area contributed by atoms with E-state index in [1.165, 1.54) is 62.9 Å². The summed E-state index contributed by atoms with van der Waals surface area (Å²) in [6, 6.07) is 0. The smallest absolute Gasteiger partial charge is 0.0641 e. The fourth-order valence-corrected chi connectivity index (χ4v) is 4.21. The fraction of sp³-hybridized carbons (Fsp3) is 1.00. The van der Waals surface area contributed by atoms with Crippen molar-refractivity contribution in [2.75, 3.05) is 23.0 Å². The van der Waals surface area contributed by atoms with Gasteiger partial charge in [-0.15, -0.1) is 0 Å². The molecule has 0 amide bonds. The van der Waals surface area contributed by atoms with Gasteiger partial charge < -0.3 is 4.74 Å². The van der Waals surface area contributed by atoms with Gasteiger partial charge in [0.15, 0.2) is 0 Å². The average Bonchev–Trinajstić information content (AvgIpc) is 2.46. The zero-order valence-electron chi connectivity index (χ0n) is 14.9. The summed E-state index contributed by atoms with van der Waals surface area (Å²) in [6.45, 7) is 8.99. The van der Waals surface area contributed by atoms with Gasteiger partial charge >= 0.3 is 0 Å². The van der Waals surface area contributed by atoms with Crippen molar-refractivity contribution >= 4 is 23.5 Å². The summed E-state index contributed by atoms with van der Waals surface area (Å²) in [5.74, 6) is 4.90. The molecule has 3 heteroatoms. The molecule has 0 aliphatic carbocycles. The van der Waals surface area contributed by atoms with E-state index in [9.17, 15) is 0 Å². The van der Waals surface area contributed by atoms with Crippen LogP contribution >= 0.6 is 23.5 Å². The third-order valence-corrected chi connectivity index (χ3v) is 6.02. The molecule has 21 heavy (non-hydrogen) atoms. The van der Waals surface area contributed by atoms with Gasteiger partial charge in [-0.3, -0.25) is 0 Å². The van der Waals surface area contributed by atoms with Crippen LogP contribution in [0.1, 0.15) is 79.1 Å². The lowest BCUT2D eigenvalue weighted by Gasteiger charge is -2.18. The van der Waals surface area contributed by atoms with Gasteiger partial charge in [0.1, 0.15) is 0 Å². The van der Waals surface area contributed by atoms with Crippen molar-refractivity contribution in [2.45, 2.75) is 91.3 Å². The lowest BCUT2D eigenvalue weighted by molar-refractivity contribution is 0.0354. The van der Waals surface area contributed by atoms with E-state index in [0.29, 0.717) is 12.2 Å². The molecule has 0 rings (SSSR count). The predicted molar refractivity (Wildman–Crippen MR) is 103 cm³/mol. The first-order valence-corrected chi connectivity index (χ1v) is 11.3. The summed E-state index contributed by atoms with van der Waals surface area (Å²) in [7, 11) is 0. The van der Waals surface area contributed by atoms with Crippen molar-refractivity contribution in [3.63, 3.8) is 0 Å². The van der Waals surface area contributed by atoms with Gasteiger partial charge in [0, 0.05) is 11.5 Å². The predicted octanol–water partition coefficient (Wildman–Crippen LogP) is 6.41. The minimum atomic E-state index is 0.400. The molecule has 0 heterocycles. The highest BCUT2D eigenvalue weighted by Crippen LogP contribution is 2.14. The molecule has 0 aromatic carbocycles. The van der Waals surface area contributed by atoms with Crippen LogP contribution in [0.3, 0.4) is 0 Å². The van der Waals surface area contributed by atoms with Crippen molar-refractivity contribution in [1.82, 2.24) is 0 Å². The Balaban J connectivity index is 3.33. The highest BCUT2D eigenvalue weighted by molar-refractivity contribution is 7.99. The van der Waals surface area contributed by atoms with Crippen molar-refractivity contribution < 1.29 is 4.74 Å². The number of thioether (sulfide) groups is 2. The van der Waals surface area contributed by atoms with E-state index in [1.54, 1.807) is 0 Å². The van der Waals surface area contributed by atoms with E-state index in [4.69, 9.17) is 4.74 Å². The summed E-state index contributed by atoms with van der Waals surface area (Å²) in [5, 5.41) is 0. The number of hydrogen-bond acceptors (Lipinski definition) is 3. The molecule has 0 aromatic heterocycles. The Hall–Kier alpha value is 0.660. The molecule has 0 fully saturated rings. The quantitative estimate of drug-likeness (QED) is 0.302. The zero-order chi connectivity index (χ0) is 15.8. The monoisotopic (exact) mass is 334 g/mol. The van der Waals surface area contributed by atoms with Gasteiger partial charge in [0.05, 0.1) is 12.2 Å². The van der Waals surface area contributed by atoms with E-state index in [-0.39, 0.29) is 0 Å². The lowest BCUT2D eigenvalue weighted by Crippen LogP contribution is -2.21. The molecule has 128 valence electrons. The van der Waals surface area contributed by atoms with Crippen LogP contribution in [-0.4, -0.2) is 35.2 Å². The lowest BCUT2D eigenvalue weighted by atomic mass is 10.2. The Labute approximate surface area is 142 Å². The van der Waals surface area contributed by atoms with E-state index in [0.717, 1.165) is 11.5 Å². The van der Waals surface area contributed by atoms with Gasteiger partial charge in [-0.1, -0.05) is 52.4 Å². The first-order chi connectivity index (χ1) is 10.2. The van der Waals surface area contributed by atoms with Crippen LogP contribution in [0.5, 0.6) is 0 Å². The van der Waals surface area contributed by atoms with Gasteiger partial charge in [-0.25, -0.2) is 0 Å². The number of rotatable bonds is 16. The van der Waals surface area contributed by atoms with Gasteiger partial charge in [-0.2, -0.15) is 23.5 Å². The SMILES string of the molecule is CCCCCCSC[C@@H](C)O[C@@H](C)CSCCCCCC. The largest absolute Gasteiger partial charge is 0.374 e. The molecule has 0 unspecified atom stereocenters. The second-order valence-electron chi connectivity index (χ2n) is 6.03. The minimum absolute atomic E-state index is 0.400. The molecule has 0 aliphatic heterocycles. The third-order valence-electron chi connectivity index (χ3n) is 3.45. The second kappa shape index (κ2) is 17.0. The van der Waals surface area contributed by atoms with Crippen molar-refractivity contribution in [3.05, 3.63) is 0 Å². The number of ether oxygens (including phenoxy) is 1. The van der Waals surface area contributed by atoms with Gasteiger partial charge in [0.25, 0.3) is 0 Å². The van der Waals surface area contributed by atoms with Crippen LogP contribution in [0.25, 0.3) is 0 Å². The topological polar surface area (TPSA) is 9.23 Å². The highest BCUT2D eigenvalue weighted by Gasteiger charge is 2.08. The van der Waals surface area contributed by atoms with Crippen LogP contribution in [0.2, 0.25) is 0 Å². The Morgan fingerprint density at radius 2 is 1.10 bits per heavy atom. The minimum Gasteiger partial charge on any atom is -0.374 e. The first kappa shape index (κ1) is 21.7. The molecule has 0 radical (unpaired) electrons. The van der Waals surface area contributed by atoms with E-state index in [2.05, 4.69) is 51.2 Å². The molecular weight excluding hydrogens is 296 g/mol. The molecule has 0 aliphatic rings. The van der Waals surface area contributed by atoms with Crippen LogP contribution < -0.4 is 0 Å². The summed E-state index contributed by atoms with van der Waals surface area (Å²) < 4.78 is 6.06. The van der Waals surface area contributed by atoms with Crippen molar-refractivity contribution in [2.24, 2.45) is 0 Å². The van der Waals surface area contributed by atoms with E-state index < -0.39 is 0 Å². The Morgan fingerprint density at radius 1 is 0.667 bits per heavy atom. The average molecular weight is 335 g/mol. The number of hydrogen-bond donors (Lipinski definition) is 0. The Bertz CT molecular complexity index is 180. The van der Waals surface area contributed by atoms with E-state index >= 15 is 0 Å². The summed E-state index contributed by atoms with van der Waals surface area (Å²) >= 11 is 4.12. The molecule has 0 aromatic rings. The molecule has 0 saturated carbocycles. The van der Waals surface area contributed by atoms with Crippen molar-refractivity contribution in [3.8, 4) is 0 Å². The summed E-state index contributed by atoms with van der Waals surface area (Å²) in [5.41, 5.74) is 0. The Kier molecular flexibility index (Phi) is 17.6. The second-order valence-corrected chi connectivity index (χ2v) is 8.33. The molecule has 0 spiro atoms. The molecule has 0 bridgehead atoms. The first-order valence-electron chi connectivity index (χ1n) is 9.01. The number of unbranched alkanes of at least 4 members (excludes halogenated alkanes) is 6. The van der Waals surface area contributed by atoms with Crippen LogP contribution in [0, 0.1) is 0 Å². The fourth-order valence-electron chi connectivity index (χ4n) is 2.24. The van der Waals surface area contributed by atoms with Crippen LogP contribution in [-0.2, 0) is 4.74 Å². The third kappa shape index (κ3) is 16.9.